The molecule has 1 aromatic heterocycles. The molecule has 0 saturated carbocycles. The van der Waals surface area contributed by atoms with Gasteiger partial charge in [0.1, 0.15) is 6.33 Å². The lowest BCUT2D eigenvalue weighted by Crippen LogP contribution is -2.24. The zero-order chi connectivity index (χ0) is 14.6. The van der Waals surface area contributed by atoms with E-state index in [0.717, 1.165) is 5.56 Å². The molecule has 8 heteroatoms. The number of sulfonamides is 1. The van der Waals surface area contributed by atoms with E-state index in [-0.39, 0.29) is 18.0 Å². The summed E-state index contributed by atoms with van der Waals surface area (Å²) in [5.74, 6) is 0. The highest BCUT2D eigenvalue weighted by Gasteiger charge is 2.18. The molecule has 2 rings (SSSR count). The normalized spacial score (nSPS) is 11.5. The Bertz CT molecular complexity index is 692. The third-order valence-electron chi connectivity index (χ3n) is 2.61. The average Bonchev–Trinajstić information content (AvgIpc) is 2.47. The maximum Gasteiger partial charge on any atom is 0.242 e. The van der Waals surface area contributed by atoms with Crippen LogP contribution in [0.2, 0.25) is 0 Å². The van der Waals surface area contributed by atoms with Crippen LogP contribution in [0.1, 0.15) is 11.3 Å². The number of benzene rings is 1. The first-order valence-electron chi connectivity index (χ1n) is 5.76. The number of nitrogens with two attached hydrogens (primary N) is 1. The molecule has 20 heavy (non-hydrogen) atoms. The number of halogens is 1. The summed E-state index contributed by atoms with van der Waals surface area (Å²) < 4.78 is 27.5. The number of hydrogen-bond acceptors (Lipinski definition) is 5. The molecule has 6 nitrogen and oxygen atoms in total. The van der Waals surface area contributed by atoms with Gasteiger partial charge in [0.05, 0.1) is 17.1 Å². The van der Waals surface area contributed by atoms with Gasteiger partial charge in [-0.2, -0.15) is 0 Å². The molecule has 106 valence electrons. The summed E-state index contributed by atoms with van der Waals surface area (Å²) >= 11 is 3.24. The van der Waals surface area contributed by atoms with E-state index >= 15 is 0 Å². The van der Waals surface area contributed by atoms with Crippen LogP contribution in [0.4, 0.5) is 0 Å². The molecule has 0 atom stereocenters. The zero-order valence-corrected chi connectivity index (χ0v) is 12.9. The molecule has 0 unspecified atom stereocenters. The summed E-state index contributed by atoms with van der Waals surface area (Å²) in [5, 5.41) is 0. The van der Waals surface area contributed by atoms with E-state index in [4.69, 9.17) is 5.73 Å². The van der Waals surface area contributed by atoms with Crippen molar-refractivity contribution in [2.45, 2.75) is 18.0 Å². The second kappa shape index (κ2) is 6.40. The van der Waals surface area contributed by atoms with Crippen molar-refractivity contribution >= 4 is 26.0 Å². The van der Waals surface area contributed by atoms with Crippen molar-refractivity contribution in [2.75, 3.05) is 0 Å². The van der Waals surface area contributed by atoms with Crippen LogP contribution in [0.25, 0.3) is 0 Å². The van der Waals surface area contributed by atoms with Crippen LogP contribution in [-0.2, 0) is 23.1 Å². The molecular weight excluding hydrogens is 344 g/mol. The summed E-state index contributed by atoms with van der Waals surface area (Å²) in [5.41, 5.74) is 6.87. The molecule has 0 aliphatic heterocycles. The molecule has 0 aliphatic carbocycles. The molecule has 0 bridgehead atoms. The van der Waals surface area contributed by atoms with Gasteiger partial charge in [-0.1, -0.05) is 6.07 Å². The number of nitrogens with one attached hydrogen (secondary N) is 1. The third-order valence-corrected chi connectivity index (χ3v) is 5.00. The van der Waals surface area contributed by atoms with Gasteiger partial charge in [-0.25, -0.2) is 23.1 Å². The molecule has 0 radical (unpaired) electrons. The van der Waals surface area contributed by atoms with Crippen molar-refractivity contribution in [2.24, 2.45) is 5.73 Å². The molecule has 0 aliphatic rings. The largest absolute Gasteiger partial charge is 0.326 e. The van der Waals surface area contributed by atoms with Crippen LogP contribution in [0, 0.1) is 0 Å². The second-order valence-electron chi connectivity index (χ2n) is 3.99. The first-order valence-corrected chi connectivity index (χ1v) is 8.03. The minimum atomic E-state index is -3.63. The standard InChI is InChI=1S/C12H13BrN4O2S/c13-11-2-1-9(6-14)5-12(11)20(18,19)17-7-10-3-4-15-8-16-10/h1-5,8,17H,6-7,14H2. The van der Waals surface area contributed by atoms with Crippen LogP contribution in [0.3, 0.4) is 0 Å². The predicted molar refractivity (Wildman–Crippen MR) is 78.1 cm³/mol. The minimum Gasteiger partial charge on any atom is -0.326 e. The topological polar surface area (TPSA) is 98.0 Å². The van der Waals surface area contributed by atoms with Gasteiger partial charge in [-0.15, -0.1) is 0 Å². The highest BCUT2D eigenvalue weighted by Crippen LogP contribution is 2.23. The van der Waals surface area contributed by atoms with Gasteiger partial charge in [0, 0.05) is 17.2 Å². The van der Waals surface area contributed by atoms with E-state index in [1.54, 1.807) is 30.5 Å². The van der Waals surface area contributed by atoms with Crippen LogP contribution >= 0.6 is 15.9 Å². The minimum absolute atomic E-state index is 0.101. The molecule has 0 fully saturated rings. The molecular formula is C12H13BrN4O2S. The fraction of sp³-hybridized carbons (Fsp3) is 0.167. The van der Waals surface area contributed by atoms with Crippen molar-refractivity contribution in [1.82, 2.24) is 14.7 Å². The van der Waals surface area contributed by atoms with E-state index in [2.05, 4.69) is 30.6 Å². The summed E-state index contributed by atoms with van der Waals surface area (Å²) in [6.45, 7) is 0.381. The quantitative estimate of drug-likeness (QED) is 0.837. The fourth-order valence-electron chi connectivity index (χ4n) is 1.55. The Labute approximate surface area is 125 Å². The summed E-state index contributed by atoms with van der Waals surface area (Å²) in [6.07, 6.45) is 2.93. The Hall–Kier alpha value is -1.35. The Morgan fingerprint density at radius 3 is 2.75 bits per heavy atom. The lowest BCUT2D eigenvalue weighted by Gasteiger charge is -2.09. The van der Waals surface area contributed by atoms with E-state index in [9.17, 15) is 8.42 Å². The van der Waals surface area contributed by atoms with E-state index in [1.807, 2.05) is 0 Å². The fourth-order valence-corrected chi connectivity index (χ4v) is 3.56. The van der Waals surface area contributed by atoms with Crippen LogP contribution in [0.5, 0.6) is 0 Å². The Kier molecular flexibility index (Phi) is 4.81. The maximum absolute atomic E-state index is 12.3. The molecule has 2 aromatic rings. The van der Waals surface area contributed by atoms with Crippen molar-refractivity contribution in [3.63, 3.8) is 0 Å². The molecule has 1 heterocycles. The van der Waals surface area contributed by atoms with Gasteiger partial charge in [0.2, 0.25) is 10.0 Å². The maximum atomic E-state index is 12.3. The number of nitrogens with zero attached hydrogens (tertiary/aromatic N) is 2. The highest BCUT2D eigenvalue weighted by atomic mass is 79.9. The monoisotopic (exact) mass is 356 g/mol. The Balaban J connectivity index is 2.22. The molecule has 3 N–H and O–H groups in total. The molecule has 0 amide bonds. The Morgan fingerprint density at radius 1 is 1.30 bits per heavy atom. The first-order chi connectivity index (χ1) is 9.53. The molecule has 1 aromatic carbocycles. The van der Waals surface area contributed by atoms with E-state index < -0.39 is 10.0 Å². The van der Waals surface area contributed by atoms with Gasteiger partial charge in [0.25, 0.3) is 0 Å². The summed E-state index contributed by atoms with van der Waals surface area (Å²) in [4.78, 5) is 7.90. The van der Waals surface area contributed by atoms with Gasteiger partial charge < -0.3 is 5.73 Å². The van der Waals surface area contributed by atoms with Gasteiger partial charge in [0.15, 0.2) is 0 Å². The van der Waals surface area contributed by atoms with Gasteiger partial charge in [-0.05, 0) is 39.7 Å². The Morgan fingerprint density at radius 2 is 2.10 bits per heavy atom. The molecule has 0 spiro atoms. The van der Waals surface area contributed by atoms with Crippen molar-refractivity contribution in [3.05, 3.63) is 52.5 Å². The van der Waals surface area contributed by atoms with Crippen molar-refractivity contribution in [1.29, 1.82) is 0 Å². The molecule has 0 saturated heterocycles. The summed E-state index contributed by atoms with van der Waals surface area (Å²) in [6, 6.07) is 6.63. The van der Waals surface area contributed by atoms with Gasteiger partial charge in [-0.3, -0.25) is 0 Å². The number of aromatic nitrogens is 2. The number of rotatable bonds is 5. The highest BCUT2D eigenvalue weighted by molar-refractivity contribution is 9.10. The lowest BCUT2D eigenvalue weighted by atomic mass is 10.2. The van der Waals surface area contributed by atoms with E-state index in [0.29, 0.717) is 10.2 Å². The van der Waals surface area contributed by atoms with Crippen molar-refractivity contribution in [3.8, 4) is 0 Å². The first kappa shape index (κ1) is 15.0. The predicted octanol–water partition coefficient (Wildman–Crippen LogP) is 1.18. The third kappa shape index (κ3) is 3.60. The summed E-state index contributed by atoms with van der Waals surface area (Å²) in [7, 11) is -3.63. The SMILES string of the molecule is NCc1ccc(Br)c(S(=O)(=O)NCc2ccncn2)c1. The average molecular weight is 357 g/mol. The lowest BCUT2D eigenvalue weighted by molar-refractivity contribution is 0.579. The van der Waals surface area contributed by atoms with Crippen LogP contribution < -0.4 is 10.5 Å². The van der Waals surface area contributed by atoms with Gasteiger partial charge >= 0.3 is 0 Å². The van der Waals surface area contributed by atoms with Crippen LogP contribution in [-0.4, -0.2) is 18.4 Å². The zero-order valence-electron chi connectivity index (χ0n) is 10.5. The second-order valence-corrected chi connectivity index (χ2v) is 6.58. The van der Waals surface area contributed by atoms with E-state index in [1.165, 1.54) is 6.33 Å². The van der Waals surface area contributed by atoms with Crippen LogP contribution in [0.15, 0.2) is 46.2 Å². The smallest absolute Gasteiger partial charge is 0.242 e. The van der Waals surface area contributed by atoms with Crippen molar-refractivity contribution < 1.29 is 8.42 Å². The number of hydrogen-bond donors (Lipinski definition) is 2.